The molecule has 1 aliphatic heterocycles. The first-order valence-electron chi connectivity index (χ1n) is 4.42. The molecule has 0 aromatic rings. The molecule has 0 radical (unpaired) electrons. The second kappa shape index (κ2) is 8.68. The van der Waals surface area contributed by atoms with Gasteiger partial charge < -0.3 is 14.3 Å². The number of ketones is 1. The zero-order chi connectivity index (χ0) is 9.23. The summed E-state index contributed by atoms with van der Waals surface area (Å²) in [4.78, 5) is 10.0. The molecule has 1 rings (SSSR count). The molecule has 0 atom stereocenters. The summed E-state index contributed by atoms with van der Waals surface area (Å²) in [7, 11) is 0. The van der Waals surface area contributed by atoms with Crippen molar-refractivity contribution in [3.05, 3.63) is 0 Å². The third-order valence-electron chi connectivity index (χ3n) is 1.35. The average Bonchev–Trinajstić information content (AvgIpc) is 2.08. The van der Waals surface area contributed by atoms with Gasteiger partial charge in [-0.05, 0) is 19.8 Å². The predicted octanol–water partition coefficient (Wildman–Crippen LogP) is 1.76. The second-order valence-corrected chi connectivity index (χ2v) is 2.74. The zero-order valence-corrected chi connectivity index (χ0v) is 7.97. The van der Waals surface area contributed by atoms with Crippen molar-refractivity contribution in [2.45, 2.75) is 33.1 Å². The lowest BCUT2D eigenvalue weighted by Gasteiger charge is -2.09. The molecule has 1 heterocycles. The van der Waals surface area contributed by atoms with E-state index in [0.717, 1.165) is 32.5 Å². The highest BCUT2D eigenvalue weighted by Gasteiger charge is 1.94. The van der Waals surface area contributed by atoms with E-state index < -0.39 is 0 Å². The first-order chi connectivity index (χ1) is 5.77. The van der Waals surface area contributed by atoms with E-state index in [1.807, 2.05) is 6.92 Å². The lowest BCUT2D eigenvalue weighted by Crippen LogP contribution is -2.11. The Morgan fingerprint density at radius 1 is 1.33 bits per heavy atom. The summed E-state index contributed by atoms with van der Waals surface area (Å²) in [6, 6.07) is 0. The van der Waals surface area contributed by atoms with Crippen LogP contribution in [0.1, 0.15) is 33.1 Å². The third-order valence-corrected chi connectivity index (χ3v) is 1.35. The van der Waals surface area contributed by atoms with E-state index in [1.165, 1.54) is 0 Å². The van der Waals surface area contributed by atoms with Gasteiger partial charge in [0.1, 0.15) is 12.6 Å². The monoisotopic (exact) mass is 174 g/mol. The third kappa shape index (κ3) is 9.59. The maximum absolute atomic E-state index is 10.0. The fourth-order valence-electron chi connectivity index (χ4n) is 0.792. The Morgan fingerprint density at radius 3 is 2.00 bits per heavy atom. The second-order valence-electron chi connectivity index (χ2n) is 2.74. The van der Waals surface area contributed by atoms with Crippen LogP contribution in [-0.4, -0.2) is 25.8 Å². The van der Waals surface area contributed by atoms with Crippen molar-refractivity contribution >= 4 is 5.78 Å². The number of carbonyl (C=O) groups excluding carboxylic acids is 1. The van der Waals surface area contributed by atoms with E-state index in [2.05, 4.69) is 0 Å². The van der Waals surface area contributed by atoms with Gasteiger partial charge in [0.05, 0.1) is 13.2 Å². The average molecular weight is 174 g/mol. The SMILES string of the molecule is C1COCOC1.CCCC(C)=O. The number of hydrogen-bond acceptors (Lipinski definition) is 3. The van der Waals surface area contributed by atoms with Crippen LogP contribution in [0.25, 0.3) is 0 Å². The zero-order valence-electron chi connectivity index (χ0n) is 7.97. The summed E-state index contributed by atoms with van der Waals surface area (Å²) >= 11 is 0. The predicted molar refractivity (Wildman–Crippen MR) is 47.0 cm³/mol. The van der Waals surface area contributed by atoms with Crippen molar-refractivity contribution in [3.8, 4) is 0 Å². The Kier molecular flexibility index (Phi) is 8.39. The summed E-state index contributed by atoms with van der Waals surface area (Å²) in [5, 5.41) is 0. The summed E-state index contributed by atoms with van der Waals surface area (Å²) in [6.45, 7) is 5.87. The van der Waals surface area contributed by atoms with Gasteiger partial charge in [-0.1, -0.05) is 6.92 Å². The molecular weight excluding hydrogens is 156 g/mol. The lowest BCUT2D eigenvalue weighted by molar-refractivity contribution is -0.117. The van der Waals surface area contributed by atoms with Crippen LogP contribution in [0.3, 0.4) is 0 Å². The van der Waals surface area contributed by atoms with Crippen molar-refractivity contribution in [2.24, 2.45) is 0 Å². The van der Waals surface area contributed by atoms with E-state index in [0.29, 0.717) is 6.79 Å². The minimum atomic E-state index is 0.289. The highest BCUT2D eigenvalue weighted by molar-refractivity contribution is 5.75. The van der Waals surface area contributed by atoms with Gasteiger partial charge in [-0.25, -0.2) is 0 Å². The molecule has 0 saturated carbocycles. The molecule has 0 N–H and O–H groups in total. The van der Waals surface area contributed by atoms with Gasteiger partial charge in [-0.3, -0.25) is 0 Å². The van der Waals surface area contributed by atoms with Crippen molar-refractivity contribution in [2.75, 3.05) is 20.0 Å². The Balaban J connectivity index is 0.000000202. The smallest absolute Gasteiger partial charge is 0.146 e. The molecule has 3 nitrogen and oxygen atoms in total. The maximum atomic E-state index is 10.0. The van der Waals surface area contributed by atoms with Crippen LogP contribution in [0, 0.1) is 0 Å². The molecule has 72 valence electrons. The van der Waals surface area contributed by atoms with Crippen molar-refractivity contribution in [3.63, 3.8) is 0 Å². The molecule has 0 aliphatic carbocycles. The molecule has 0 amide bonds. The maximum Gasteiger partial charge on any atom is 0.146 e. The van der Waals surface area contributed by atoms with E-state index in [9.17, 15) is 4.79 Å². The summed E-state index contributed by atoms with van der Waals surface area (Å²) < 4.78 is 9.69. The first kappa shape index (κ1) is 11.6. The van der Waals surface area contributed by atoms with Gasteiger partial charge in [0.2, 0.25) is 0 Å². The normalized spacial score (nSPS) is 16.2. The summed E-state index contributed by atoms with van der Waals surface area (Å²) in [5.41, 5.74) is 0. The van der Waals surface area contributed by atoms with Crippen LogP contribution in [-0.2, 0) is 14.3 Å². The number of ether oxygens (including phenoxy) is 2. The summed E-state index contributed by atoms with van der Waals surface area (Å²) in [5.74, 6) is 0.289. The molecular formula is C9H18O3. The number of rotatable bonds is 2. The van der Waals surface area contributed by atoms with E-state index >= 15 is 0 Å². The molecule has 0 bridgehead atoms. The topological polar surface area (TPSA) is 35.5 Å². The highest BCUT2D eigenvalue weighted by Crippen LogP contribution is 1.91. The standard InChI is InChI=1S/C5H10O.C4H8O2/c1-3-4-5(2)6;1-2-5-4-6-3-1/h3-4H2,1-2H3;1-4H2. The summed E-state index contributed by atoms with van der Waals surface area (Å²) in [6.07, 6.45) is 2.77. The van der Waals surface area contributed by atoms with Crippen LogP contribution in [0.5, 0.6) is 0 Å². The quantitative estimate of drug-likeness (QED) is 0.640. The van der Waals surface area contributed by atoms with Gasteiger partial charge in [0.25, 0.3) is 0 Å². The van der Waals surface area contributed by atoms with Crippen LogP contribution in [0.2, 0.25) is 0 Å². The minimum absolute atomic E-state index is 0.289. The Labute approximate surface area is 74.0 Å². The van der Waals surface area contributed by atoms with E-state index in [1.54, 1.807) is 6.92 Å². The van der Waals surface area contributed by atoms with E-state index in [-0.39, 0.29) is 5.78 Å². The fourth-order valence-corrected chi connectivity index (χ4v) is 0.792. The number of hydrogen-bond donors (Lipinski definition) is 0. The lowest BCUT2D eigenvalue weighted by atomic mass is 10.3. The van der Waals surface area contributed by atoms with Gasteiger partial charge in [0, 0.05) is 6.42 Å². The van der Waals surface area contributed by atoms with Crippen LogP contribution in [0.4, 0.5) is 0 Å². The molecule has 1 saturated heterocycles. The minimum Gasteiger partial charge on any atom is -0.355 e. The molecule has 0 spiro atoms. The van der Waals surface area contributed by atoms with Gasteiger partial charge >= 0.3 is 0 Å². The Hall–Kier alpha value is -0.410. The molecule has 3 heteroatoms. The van der Waals surface area contributed by atoms with Crippen LogP contribution >= 0.6 is 0 Å². The van der Waals surface area contributed by atoms with Crippen molar-refractivity contribution in [1.82, 2.24) is 0 Å². The molecule has 0 aromatic carbocycles. The molecule has 1 fully saturated rings. The Bertz CT molecular complexity index is 96.8. The first-order valence-corrected chi connectivity index (χ1v) is 4.42. The molecule has 0 unspecified atom stereocenters. The Morgan fingerprint density at radius 2 is 1.92 bits per heavy atom. The number of Topliss-reactive ketones (excluding diaryl/α,β-unsaturated/α-hetero) is 1. The van der Waals surface area contributed by atoms with Gasteiger partial charge in [-0.2, -0.15) is 0 Å². The van der Waals surface area contributed by atoms with Gasteiger partial charge in [0.15, 0.2) is 0 Å². The van der Waals surface area contributed by atoms with Crippen molar-refractivity contribution < 1.29 is 14.3 Å². The largest absolute Gasteiger partial charge is 0.355 e. The molecule has 1 aliphatic rings. The van der Waals surface area contributed by atoms with Crippen LogP contribution in [0.15, 0.2) is 0 Å². The van der Waals surface area contributed by atoms with Crippen LogP contribution < -0.4 is 0 Å². The van der Waals surface area contributed by atoms with Gasteiger partial charge in [-0.15, -0.1) is 0 Å². The van der Waals surface area contributed by atoms with E-state index in [4.69, 9.17) is 9.47 Å². The fraction of sp³-hybridized carbons (Fsp3) is 0.889. The highest BCUT2D eigenvalue weighted by atomic mass is 16.7. The molecule has 12 heavy (non-hydrogen) atoms. The molecule has 0 aromatic heterocycles. The number of carbonyl (C=O) groups is 1. The van der Waals surface area contributed by atoms with Crippen molar-refractivity contribution in [1.29, 1.82) is 0 Å².